The summed E-state index contributed by atoms with van der Waals surface area (Å²) in [4.78, 5) is 25.9. The average molecular weight is 349 g/mol. The number of imidazole rings is 1. The highest BCUT2D eigenvalue weighted by Gasteiger charge is 2.12. The van der Waals surface area contributed by atoms with E-state index in [0.717, 1.165) is 34.8 Å². The van der Waals surface area contributed by atoms with Crippen molar-refractivity contribution in [3.63, 3.8) is 0 Å². The predicted molar refractivity (Wildman–Crippen MR) is 101 cm³/mol. The molecule has 6 nitrogen and oxygen atoms in total. The number of nitrogens with zero attached hydrogens (tertiary/aromatic N) is 4. The Morgan fingerprint density at radius 1 is 1.19 bits per heavy atom. The Hall–Kier alpha value is -3.02. The number of hydrogen-bond donors (Lipinski definition) is 1. The van der Waals surface area contributed by atoms with E-state index in [1.54, 1.807) is 17.1 Å². The molecule has 1 aromatic carbocycles. The molecule has 0 aliphatic carbocycles. The van der Waals surface area contributed by atoms with Gasteiger partial charge in [-0.15, -0.1) is 0 Å². The lowest BCUT2D eigenvalue weighted by atomic mass is 10.0. The number of amides is 1. The fraction of sp³-hybridized carbons (Fsp3) is 0.300. The molecule has 1 N–H and O–H groups in total. The van der Waals surface area contributed by atoms with Gasteiger partial charge >= 0.3 is 0 Å². The first-order valence-corrected chi connectivity index (χ1v) is 8.67. The second-order valence-electron chi connectivity index (χ2n) is 6.47. The van der Waals surface area contributed by atoms with Crippen molar-refractivity contribution in [3.05, 3.63) is 70.7 Å². The summed E-state index contributed by atoms with van der Waals surface area (Å²) in [5, 5.41) is 2.84. The van der Waals surface area contributed by atoms with E-state index in [1.807, 2.05) is 45.2 Å². The van der Waals surface area contributed by atoms with E-state index in [-0.39, 0.29) is 5.91 Å². The molecule has 2 aromatic heterocycles. The van der Waals surface area contributed by atoms with Crippen molar-refractivity contribution in [3.8, 4) is 0 Å². The van der Waals surface area contributed by atoms with Gasteiger partial charge in [0.2, 0.25) is 0 Å². The first-order chi connectivity index (χ1) is 12.4. The van der Waals surface area contributed by atoms with E-state index >= 15 is 0 Å². The predicted octanol–water partition coefficient (Wildman–Crippen LogP) is 3.23. The van der Waals surface area contributed by atoms with Gasteiger partial charge in [0.1, 0.15) is 5.82 Å². The average Bonchev–Trinajstić information content (AvgIpc) is 3.00. The Labute approximate surface area is 153 Å². The van der Waals surface area contributed by atoms with Crippen LogP contribution < -0.4 is 5.32 Å². The third kappa shape index (κ3) is 4.14. The molecule has 6 heteroatoms. The summed E-state index contributed by atoms with van der Waals surface area (Å²) in [6.45, 7) is 5.98. The van der Waals surface area contributed by atoms with E-state index in [2.05, 4.69) is 27.2 Å². The molecule has 0 radical (unpaired) electrons. The Morgan fingerprint density at radius 3 is 2.69 bits per heavy atom. The van der Waals surface area contributed by atoms with Crippen LogP contribution in [0.2, 0.25) is 0 Å². The Bertz CT molecular complexity index is 945. The van der Waals surface area contributed by atoms with Crippen molar-refractivity contribution >= 4 is 11.7 Å². The minimum absolute atomic E-state index is 0.164. The number of rotatable bonds is 5. The standard InChI is InChI=1S/C20H23N5O/c1-5-16-8-14(3)22-18(23-16)10-15-7-6-13(2)17(9-15)20(26)24-19-11-25(4)12-21-19/h6-9,11-12H,5,10H2,1-4H3,(H,24,26). The van der Waals surface area contributed by atoms with Crippen LogP contribution in [0.3, 0.4) is 0 Å². The van der Waals surface area contributed by atoms with Crippen LogP contribution in [0.1, 0.15) is 45.6 Å². The second-order valence-corrected chi connectivity index (χ2v) is 6.47. The maximum Gasteiger partial charge on any atom is 0.257 e. The number of aryl methyl sites for hydroxylation is 4. The van der Waals surface area contributed by atoms with Gasteiger partial charge < -0.3 is 9.88 Å². The minimum atomic E-state index is -0.164. The first kappa shape index (κ1) is 17.8. The lowest BCUT2D eigenvalue weighted by Gasteiger charge is -2.09. The number of carbonyl (C=O) groups is 1. The molecule has 0 unspecified atom stereocenters. The number of nitrogens with one attached hydrogen (secondary N) is 1. The molecular formula is C20H23N5O. The van der Waals surface area contributed by atoms with Crippen molar-refractivity contribution < 1.29 is 4.79 Å². The van der Waals surface area contributed by atoms with Crippen LogP contribution in [-0.4, -0.2) is 25.4 Å². The third-order valence-corrected chi connectivity index (χ3v) is 4.17. The topological polar surface area (TPSA) is 72.7 Å². The van der Waals surface area contributed by atoms with E-state index in [0.29, 0.717) is 17.8 Å². The van der Waals surface area contributed by atoms with Gasteiger partial charge in [0.15, 0.2) is 5.82 Å². The summed E-state index contributed by atoms with van der Waals surface area (Å²) >= 11 is 0. The second kappa shape index (κ2) is 7.47. The Balaban J connectivity index is 1.83. The maximum atomic E-state index is 12.6. The number of benzene rings is 1. The van der Waals surface area contributed by atoms with Crippen LogP contribution >= 0.6 is 0 Å². The van der Waals surface area contributed by atoms with Crippen LogP contribution in [0, 0.1) is 13.8 Å². The summed E-state index contributed by atoms with van der Waals surface area (Å²) in [7, 11) is 1.86. The van der Waals surface area contributed by atoms with Gasteiger partial charge in [0, 0.05) is 36.6 Å². The summed E-state index contributed by atoms with van der Waals surface area (Å²) in [6.07, 6.45) is 4.89. The number of aromatic nitrogens is 4. The molecule has 134 valence electrons. The molecule has 0 saturated carbocycles. The summed E-state index contributed by atoms with van der Waals surface area (Å²) in [6, 6.07) is 7.89. The monoisotopic (exact) mass is 349 g/mol. The van der Waals surface area contributed by atoms with Crippen molar-refractivity contribution in [2.24, 2.45) is 7.05 Å². The fourth-order valence-corrected chi connectivity index (χ4v) is 2.83. The molecule has 3 aromatic rings. The molecule has 0 aliphatic rings. The van der Waals surface area contributed by atoms with Crippen LogP contribution in [0.5, 0.6) is 0 Å². The highest BCUT2D eigenvalue weighted by Crippen LogP contribution is 2.16. The number of hydrogen-bond acceptors (Lipinski definition) is 4. The summed E-state index contributed by atoms with van der Waals surface area (Å²) in [5.74, 6) is 1.15. The van der Waals surface area contributed by atoms with Crippen LogP contribution in [0.15, 0.2) is 36.8 Å². The van der Waals surface area contributed by atoms with Gasteiger partial charge in [-0.2, -0.15) is 0 Å². The highest BCUT2D eigenvalue weighted by molar-refractivity contribution is 6.04. The number of anilines is 1. The molecular weight excluding hydrogens is 326 g/mol. The van der Waals surface area contributed by atoms with Gasteiger partial charge in [-0.1, -0.05) is 19.1 Å². The molecule has 0 fully saturated rings. The van der Waals surface area contributed by atoms with Gasteiger partial charge in [-0.05, 0) is 43.5 Å². The van der Waals surface area contributed by atoms with E-state index in [9.17, 15) is 4.79 Å². The van der Waals surface area contributed by atoms with Crippen molar-refractivity contribution in [2.45, 2.75) is 33.6 Å². The Morgan fingerprint density at radius 2 is 2.00 bits per heavy atom. The molecule has 1 amide bonds. The number of carbonyl (C=O) groups excluding carboxylic acids is 1. The molecule has 0 atom stereocenters. The molecule has 2 heterocycles. The minimum Gasteiger partial charge on any atom is -0.338 e. The highest BCUT2D eigenvalue weighted by atomic mass is 16.1. The molecule has 0 spiro atoms. The molecule has 0 bridgehead atoms. The largest absolute Gasteiger partial charge is 0.338 e. The summed E-state index contributed by atoms with van der Waals surface area (Å²) < 4.78 is 1.79. The van der Waals surface area contributed by atoms with Gasteiger partial charge in [0.05, 0.1) is 6.33 Å². The zero-order valence-corrected chi connectivity index (χ0v) is 15.6. The van der Waals surface area contributed by atoms with E-state index in [1.165, 1.54) is 0 Å². The first-order valence-electron chi connectivity index (χ1n) is 8.67. The lowest BCUT2D eigenvalue weighted by Crippen LogP contribution is -2.14. The van der Waals surface area contributed by atoms with Crippen LogP contribution in [0.4, 0.5) is 5.82 Å². The van der Waals surface area contributed by atoms with Crippen molar-refractivity contribution in [1.82, 2.24) is 19.5 Å². The lowest BCUT2D eigenvalue weighted by molar-refractivity contribution is 0.102. The van der Waals surface area contributed by atoms with Crippen molar-refractivity contribution in [1.29, 1.82) is 0 Å². The Kier molecular flexibility index (Phi) is 5.11. The van der Waals surface area contributed by atoms with Crippen LogP contribution in [0.25, 0.3) is 0 Å². The quantitative estimate of drug-likeness (QED) is 0.767. The van der Waals surface area contributed by atoms with E-state index < -0.39 is 0 Å². The smallest absolute Gasteiger partial charge is 0.257 e. The zero-order valence-electron chi connectivity index (χ0n) is 15.6. The SMILES string of the molecule is CCc1cc(C)nc(Cc2ccc(C)c(C(=O)Nc3cn(C)cn3)c2)n1. The molecule has 0 saturated heterocycles. The zero-order chi connectivity index (χ0) is 18.7. The molecule has 0 aliphatic heterocycles. The van der Waals surface area contributed by atoms with Crippen molar-refractivity contribution in [2.75, 3.05) is 5.32 Å². The summed E-state index contributed by atoms with van der Waals surface area (Å²) in [5.41, 5.74) is 4.56. The molecule has 26 heavy (non-hydrogen) atoms. The van der Waals surface area contributed by atoms with E-state index in [4.69, 9.17) is 0 Å². The van der Waals surface area contributed by atoms with Gasteiger partial charge in [-0.25, -0.2) is 15.0 Å². The maximum absolute atomic E-state index is 12.6. The molecule has 3 rings (SSSR count). The normalized spacial score (nSPS) is 10.8. The fourth-order valence-electron chi connectivity index (χ4n) is 2.83. The third-order valence-electron chi connectivity index (χ3n) is 4.17. The van der Waals surface area contributed by atoms with Crippen LogP contribution in [-0.2, 0) is 19.9 Å². The van der Waals surface area contributed by atoms with Gasteiger partial charge in [0.25, 0.3) is 5.91 Å². The van der Waals surface area contributed by atoms with Gasteiger partial charge in [-0.3, -0.25) is 4.79 Å².